The zero-order chi connectivity index (χ0) is 18.8. The van der Waals surface area contributed by atoms with Crippen molar-refractivity contribution in [2.75, 3.05) is 0 Å². The van der Waals surface area contributed by atoms with Gasteiger partial charge in [-0.05, 0) is 24.3 Å². The SMILES string of the molecule is Cn1cccc1C(=O)OCc1cc(F)cc2c1OC(c1ccccc1)OC2. The number of aryl methyl sites for hydroxylation is 1. The first-order valence-corrected chi connectivity index (χ1v) is 8.55. The highest BCUT2D eigenvalue weighted by atomic mass is 19.1. The third-order valence-electron chi connectivity index (χ3n) is 4.41. The number of halogens is 1. The summed E-state index contributed by atoms with van der Waals surface area (Å²) in [6, 6.07) is 15.6. The van der Waals surface area contributed by atoms with Gasteiger partial charge in [-0.25, -0.2) is 9.18 Å². The summed E-state index contributed by atoms with van der Waals surface area (Å²) in [6.45, 7) is 0.122. The lowest BCUT2D eigenvalue weighted by atomic mass is 10.1. The number of ether oxygens (including phenoxy) is 3. The first-order chi connectivity index (χ1) is 13.1. The molecule has 138 valence electrons. The summed E-state index contributed by atoms with van der Waals surface area (Å²) >= 11 is 0. The van der Waals surface area contributed by atoms with Crippen LogP contribution in [-0.2, 0) is 29.7 Å². The molecule has 6 heteroatoms. The van der Waals surface area contributed by atoms with Crippen molar-refractivity contribution in [1.29, 1.82) is 0 Å². The molecule has 0 saturated heterocycles. The quantitative estimate of drug-likeness (QED) is 0.651. The summed E-state index contributed by atoms with van der Waals surface area (Å²) in [7, 11) is 1.76. The normalized spacial score (nSPS) is 15.7. The predicted octanol–water partition coefficient (Wildman–Crippen LogP) is 4.13. The summed E-state index contributed by atoms with van der Waals surface area (Å²) in [5, 5.41) is 0. The monoisotopic (exact) mass is 367 g/mol. The van der Waals surface area contributed by atoms with Crippen LogP contribution in [0.2, 0.25) is 0 Å². The van der Waals surface area contributed by atoms with Crippen LogP contribution in [0, 0.1) is 5.82 Å². The molecule has 3 aromatic rings. The van der Waals surface area contributed by atoms with Gasteiger partial charge in [0.1, 0.15) is 23.9 Å². The molecule has 1 aromatic heterocycles. The van der Waals surface area contributed by atoms with E-state index in [0.717, 1.165) is 5.56 Å². The number of hydrogen-bond donors (Lipinski definition) is 0. The van der Waals surface area contributed by atoms with E-state index in [1.54, 1.807) is 29.9 Å². The maximum Gasteiger partial charge on any atom is 0.355 e. The summed E-state index contributed by atoms with van der Waals surface area (Å²) in [4.78, 5) is 12.2. The van der Waals surface area contributed by atoms with Gasteiger partial charge in [-0.1, -0.05) is 30.3 Å². The van der Waals surface area contributed by atoms with Gasteiger partial charge in [0, 0.05) is 29.9 Å². The van der Waals surface area contributed by atoms with Gasteiger partial charge in [0.2, 0.25) is 6.29 Å². The predicted molar refractivity (Wildman–Crippen MR) is 95.5 cm³/mol. The van der Waals surface area contributed by atoms with Crippen molar-refractivity contribution in [2.45, 2.75) is 19.5 Å². The number of benzene rings is 2. The van der Waals surface area contributed by atoms with Gasteiger partial charge in [-0.2, -0.15) is 0 Å². The molecule has 2 heterocycles. The molecule has 2 aromatic carbocycles. The lowest BCUT2D eigenvalue weighted by Crippen LogP contribution is -2.20. The maximum absolute atomic E-state index is 14.0. The fourth-order valence-corrected chi connectivity index (χ4v) is 3.05. The Hall–Kier alpha value is -3.12. The molecule has 0 bridgehead atoms. The molecular formula is C21H18FNO4. The van der Waals surface area contributed by atoms with E-state index in [2.05, 4.69) is 0 Å². The van der Waals surface area contributed by atoms with Crippen LogP contribution in [0.1, 0.15) is 33.5 Å². The first-order valence-electron chi connectivity index (χ1n) is 8.55. The number of fused-ring (bicyclic) bond motifs is 1. The topological polar surface area (TPSA) is 49.7 Å². The summed E-state index contributed by atoms with van der Waals surface area (Å²) in [5.74, 6) is -0.410. The van der Waals surface area contributed by atoms with Crippen LogP contribution in [0.15, 0.2) is 60.8 Å². The second-order valence-electron chi connectivity index (χ2n) is 6.31. The van der Waals surface area contributed by atoms with Crippen molar-refractivity contribution in [3.8, 4) is 5.75 Å². The van der Waals surface area contributed by atoms with E-state index in [-0.39, 0.29) is 13.2 Å². The van der Waals surface area contributed by atoms with Crippen LogP contribution in [0.25, 0.3) is 0 Å². The molecule has 4 rings (SSSR count). The minimum absolute atomic E-state index is 0.0917. The van der Waals surface area contributed by atoms with Crippen LogP contribution in [0.5, 0.6) is 5.75 Å². The van der Waals surface area contributed by atoms with Crippen molar-refractivity contribution in [3.63, 3.8) is 0 Å². The van der Waals surface area contributed by atoms with Gasteiger partial charge in [0.15, 0.2) is 0 Å². The van der Waals surface area contributed by atoms with Crippen molar-refractivity contribution >= 4 is 5.97 Å². The number of carbonyl (C=O) groups is 1. The average Bonchev–Trinajstić information content (AvgIpc) is 3.12. The van der Waals surface area contributed by atoms with Gasteiger partial charge in [-0.3, -0.25) is 0 Å². The Morgan fingerprint density at radius 2 is 2.04 bits per heavy atom. The third-order valence-corrected chi connectivity index (χ3v) is 4.41. The maximum atomic E-state index is 14.0. The molecule has 5 nitrogen and oxygen atoms in total. The van der Waals surface area contributed by atoms with Crippen LogP contribution in [0.3, 0.4) is 0 Å². The molecule has 0 amide bonds. The van der Waals surface area contributed by atoms with E-state index < -0.39 is 18.1 Å². The van der Waals surface area contributed by atoms with Crippen LogP contribution < -0.4 is 4.74 Å². The Bertz CT molecular complexity index is 968. The molecule has 0 spiro atoms. The van der Waals surface area contributed by atoms with Crippen LogP contribution in [0.4, 0.5) is 4.39 Å². The van der Waals surface area contributed by atoms with E-state index in [9.17, 15) is 9.18 Å². The van der Waals surface area contributed by atoms with E-state index in [1.165, 1.54) is 12.1 Å². The van der Waals surface area contributed by atoms with Gasteiger partial charge < -0.3 is 18.8 Å². The molecule has 27 heavy (non-hydrogen) atoms. The third kappa shape index (κ3) is 3.57. The van der Waals surface area contributed by atoms with Crippen molar-refractivity contribution in [1.82, 2.24) is 4.57 Å². The highest BCUT2D eigenvalue weighted by Crippen LogP contribution is 2.36. The smallest absolute Gasteiger partial charge is 0.355 e. The molecule has 0 N–H and O–H groups in total. The molecule has 1 aliphatic heterocycles. The number of aromatic nitrogens is 1. The molecule has 1 aliphatic rings. The second-order valence-corrected chi connectivity index (χ2v) is 6.31. The highest BCUT2D eigenvalue weighted by Gasteiger charge is 2.25. The summed E-state index contributed by atoms with van der Waals surface area (Å²) in [6.07, 6.45) is 1.16. The Balaban J connectivity index is 1.56. The van der Waals surface area contributed by atoms with E-state index >= 15 is 0 Å². The van der Waals surface area contributed by atoms with E-state index in [1.807, 2.05) is 30.3 Å². The lowest BCUT2D eigenvalue weighted by molar-refractivity contribution is -0.112. The molecule has 1 atom stereocenters. The average molecular weight is 367 g/mol. The molecule has 0 saturated carbocycles. The van der Waals surface area contributed by atoms with Gasteiger partial charge in [0.05, 0.1) is 6.61 Å². The molecule has 0 aliphatic carbocycles. The number of nitrogens with zero attached hydrogens (tertiary/aromatic N) is 1. The highest BCUT2D eigenvalue weighted by molar-refractivity contribution is 5.87. The molecule has 0 radical (unpaired) electrons. The fourth-order valence-electron chi connectivity index (χ4n) is 3.05. The molecule has 0 fully saturated rings. The summed E-state index contributed by atoms with van der Waals surface area (Å²) in [5.41, 5.74) is 2.34. The van der Waals surface area contributed by atoms with Crippen molar-refractivity contribution in [3.05, 3.63) is 89.0 Å². The van der Waals surface area contributed by atoms with Gasteiger partial charge >= 0.3 is 5.97 Å². The van der Waals surface area contributed by atoms with Crippen LogP contribution >= 0.6 is 0 Å². The van der Waals surface area contributed by atoms with E-state index in [4.69, 9.17) is 14.2 Å². The fraction of sp³-hybridized carbons (Fsp3) is 0.190. The van der Waals surface area contributed by atoms with Crippen molar-refractivity contribution < 1.29 is 23.4 Å². The minimum atomic E-state index is -0.591. The largest absolute Gasteiger partial charge is 0.460 e. The Morgan fingerprint density at radius 3 is 2.78 bits per heavy atom. The Morgan fingerprint density at radius 1 is 1.22 bits per heavy atom. The van der Waals surface area contributed by atoms with Gasteiger partial charge in [-0.15, -0.1) is 0 Å². The second kappa shape index (κ2) is 7.25. The Labute approximate surface area is 155 Å². The Kier molecular flexibility index (Phi) is 4.64. The summed E-state index contributed by atoms with van der Waals surface area (Å²) < 4.78 is 32.7. The minimum Gasteiger partial charge on any atom is -0.460 e. The zero-order valence-electron chi connectivity index (χ0n) is 14.7. The number of hydrogen-bond acceptors (Lipinski definition) is 4. The lowest BCUT2D eigenvalue weighted by Gasteiger charge is -2.28. The number of carbonyl (C=O) groups excluding carboxylic acids is 1. The number of rotatable bonds is 4. The van der Waals surface area contributed by atoms with Crippen molar-refractivity contribution in [2.24, 2.45) is 7.05 Å². The zero-order valence-corrected chi connectivity index (χ0v) is 14.7. The van der Waals surface area contributed by atoms with E-state index in [0.29, 0.717) is 22.6 Å². The molecular weight excluding hydrogens is 349 g/mol. The standard InChI is InChI=1S/C21H18FNO4/c1-23-9-5-8-18(23)20(24)25-12-15-10-17(22)11-16-13-26-21(27-19(15)16)14-6-3-2-4-7-14/h2-11,21H,12-13H2,1H3. The first kappa shape index (κ1) is 17.3. The number of esters is 1. The van der Waals surface area contributed by atoms with Gasteiger partial charge in [0.25, 0.3) is 0 Å². The van der Waals surface area contributed by atoms with Crippen LogP contribution in [-0.4, -0.2) is 10.5 Å². The molecule has 1 unspecified atom stereocenters.